The zero-order valence-corrected chi connectivity index (χ0v) is 20.4. The van der Waals surface area contributed by atoms with E-state index in [4.69, 9.17) is 18.7 Å². The highest BCUT2D eigenvalue weighted by atomic mass is 32.2. The molecule has 0 radical (unpaired) electrons. The third kappa shape index (κ3) is 5.47. The van der Waals surface area contributed by atoms with Crippen molar-refractivity contribution in [3.05, 3.63) is 29.9 Å². The molecule has 12 heteroatoms. The van der Waals surface area contributed by atoms with Gasteiger partial charge in [-0.1, -0.05) is 5.16 Å². The molecule has 1 aromatic heterocycles. The van der Waals surface area contributed by atoms with Crippen LogP contribution in [-0.4, -0.2) is 78.7 Å². The van der Waals surface area contributed by atoms with Gasteiger partial charge >= 0.3 is 0 Å². The van der Waals surface area contributed by atoms with Crippen molar-refractivity contribution in [3.63, 3.8) is 0 Å². The second kappa shape index (κ2) is 9.96. The summed E-state index contributed by atoms with van der Waals surface area (Å²) in [5.74, 6) is -0.507. The number of morpholine rings is 1. The molecule has 0 saturated carbocycles. The monoisotopic (exact) mass is 499 g/mol. The van der Waals surface area contributed by atoms with Crippen molar-refractivity contribution in [2.75, 3.05) is 19.5 Å². The lowest BCUT2D eigenvalue weighted by atomic mass is 9.92. The minimum absolute atomic E-state index is 0.0481. The topological polar surface area (TPSA) is 124 Å². The Kier molecular flexibility index (Phi) is 7.36. The van der Waals surface area contributed by atoms with Gasteiger partial charge in [-0.25, -0.2) is 17.7 Å². The smallest absolute Gasteiger partial charge is 0.255 e. The maximum Gasteiger partial charge on any atom is 0.255 e. The Morgan fingerprint density at radius 1 is 1.21 bits per heavy atom. The average molecular weight is 500 g/mol. The van der Waals surface area contributed by atoms with Crippen LogP contribution < -0.4 is 0 Å². The van der Waals surface area contributed by atoms with E-state index in [0.717, 1.165) is 12.3 Å². The average Bonchev–Trinajstić information content (AvgIpc) is 3.22. The van der Waals surface area contributed by atoms with Gasteiger partial charge in [-0.2, -0.15) is 4.98 Å². The molecule has 2 bridgehead atoms. The van der Waals surface area contributed by atoms with E-state index in [0.29, 0.717) is 31.6 Å². The molecule has 2 aliphatic rings. The predicted molar refractivity (Wildman–Crippen MR) is 118 cm³/mol. The lowest BCUT2D eigenvalue weighted by Crippen LogP contribution is -2.62. The van der Waals surface area contributed by atoms with Gasteiger partial charge < -0.3 is 23.8 Å². The number of nitrogens with zero attached hydrogens (tertiary/aromatic N) is 3. The minimum Gasteiger partial charge on any atom is -0.378 e. The van der Waals surface area contributed by atoms with Crippen molar-refractivity contribution >= 4 is 9.84 Å². The zero-order valence-electron chi connectivity index (χ0n) is 19.5. The van der Waals surface area contributed by atoms with Gasteiger partial charge in [0.2, 0.25) is 12.2 Å². The summed E-state index contributed by atoms with van der Waals surface area (Å²) in [4.78, 5) is 5.88. The van der Waals surface area contributed by atoms with E-state index in [9.17, 15) is 17.9 Å². The van der Waals surface area contributed by atoms with Crippen molar-refractivity contribution in [1.82, 2.24) is 15.0 Å². The van der Waals surface area contributed by atoms with E-state index in [1.54, 1.807) is 6.92 Å². The largest absolute Gasteiger partial charge is 0.378 e. The molecule has 188 valence electrons. The highest BCUT2D eigenvalue weighted by Gasteiger charge is 2.43. The number of aliphatic hydroxyl groups is 1. The third-order valence-corrected chi connectivity index (χ3v) is 7.09. The number of ether oxygens (including phenoxy) is 3. The molecular weight excluding hydrogens is 469 g/mol. The van der Waals surface area contributed by atoms with E-state index in [1.165, 1.54) is 12.1 Å². The summed E-state index contributed by atoms with van der Waals surface area (Å²) in [6.45, 7) is 6.49. The van der Waals surface area contributed by atoms with Crippen LogP contribution in [0.2, 0.25) is 0 Å². The van der Waals surface area contributed by atoms with Gasteiger partial charge in [-0.05, 0) is 51.8 Å². The zero-order chi connectivity index (χ0) is 24.6. The Morgan fingerprint density at radius 3 is 2.47 bits per heavy atom. The minimum atomic E-state index is -3.67. The van der Waals surface area contributed by atoms with Crippen LogP contribution in [0.25, 0.3) is 11.4 Å². The molecule has 2 saturated heterocycles. The normalized spacial score (nSPS) is 25.4. The maximum absolute atomic E-state index is 14.2. The molecular formula is C22H30FN3O7S. The Balaban J connectivity index is 1.42. The molecule has 1 aromatic carbocycles. The van der Waals surface area contributed by atoms with Crippen molar-refractivity contribution in [2.45, 2.75) is 75.3 Å². The van der Waals surface area contributed by atoms with Gasteiger partial charge in [0, 0.05) is 23.9 Å². The summed E-state index contributed by atoms with van der Waals surface area (Å²) >= 11 is 0. The maximum atomic E-state index is 14.2. The lowest BCUT2D eigenvalue weighted by molar-refractivity contribution is -0.273. The number of sulfone groups is 1. The van der Waals surface area contributed by atoms with Crippen LogP contribution in [-0.2, 0) is 24.0 Å². The molecule has 1 N–H and O–H groups in total. The molecule has 2 aromatic rings. The Bertz CT molecular complexity index is 1100. The molecule has 3 heterocycles. The van der Waals surface area contributed by atoms with Crippen LogP contribution >= 0.6 is 0 Å². The second-order valence-electron chi connectivity index (χ2n) is 9.05. The summed E-state index contributed by atoms with van der Waals surface area (Å²) < 4.78 is 60.3. The first kappa shape index (κ1) is 25.1. The van der Waals surface area contributed by atoms with Gasteiger partial charge in [0.25, 0.3) is 5.89 Å². The van der Waals surface area contributed by atoms with E-state index in [-0.39, 0.29) is 40.9 Å². The van der Waals surface area contributed by atoms with Crippen molar-refractivity contribution in [2.24, 2.45) is 0 Å². The van der Waals surface area contributed by atoms with Crippen molar-refractivity contribution in [3.8, 4) is 11.4 Å². The number of halogens is 1. The van der Waals surface area contributed by atoms with Crippen LogP contribution in [0, 0.1) is 5.82 Å². The van der Waals surface area contributed by atoms with Gasteiger partial charge in [0.1, 0.15) is 16.8 Å². The van der Waals surface area contributed by atoms with E-state index >= 15 is 0 Å². The highest BCUT2D eigenvalue weighted by Crippen LogP contribution is 2.34. The van der Waals surface area contributed by atoms with Crippen LogP contribution in [0.1, 0.15) is 45.6 Å². The van der Waals surface area contributed by atoms with Gasteiger partial charge in [0.15, 0.2) is 9.84 Å². The first-order valence-electron chi connectivity index (χ1n) is 11.2. The second-order valence-corrected chi connectivity index (χ2v) is 11.0. The molecule has 2 aliphatic heterocycles. The quantitative estimate of drug-likeness (QED) is 0.541. The summed E-state index contributed by atoms with van der Waals surface area (Å²) in [6, 6.07) is 3.59. The van der Waals surface area contributed by atoms with Crippen LogP contribution in [0.5, 0.6) is 0 Å². The van der Waals surface area contributed by atoms with Crippen molar-refractivity contribution < 1.29 is 36.6 Å². The van der Waals surface area contributed by atoms with E-state index < -0.39 is 28.2 Å². The van der Waals surface area contributed by atoms with Crippen LogP contribution in [0.15, 0.2) is 27.6 Å². The van der Waals surface area contributed by atoms with Gasteiger partial charge in [-0.3, -0.25) is 0 Å². The standard InChI is InChI=1S/C22H30FN3O7S/c1-12(2)31-22(27)26-15-8-17(9-16(26)11-30-10-15)32-13(3)21-24-20(25-33-21)14-5-6-19(18(23)7-14)34(4,28)29/h5-7,12-13,15-17,22,27H,8-11H2,1-4H3. The summed E-state index contributed by atoms with van der Waals surface area (Å²) in [5.41, 5.74) is 0.297. The number of benzene rings is 1. The lowest BCUT2D eigenvalue weighted by Gasteiger charge is -2.49. The number of rotatable bonds is 8. The molecule has 0 aliphatic carbocycles. The Morgan fingerprint density at radius 2 is 1.88 bits per heavy atom. The number of hydrogen-bond donors (Lipinski definition) is 1. The fourth-order valence-electron chi connectivity index (χ4n) is 4.48. The number of aromatic nitrogens is 2. The summed E-state index contributed by atoms with van der Waals surface area (Å²) in [5, 5.41) is 14.4. The van der Waals surface area contributed by atoms with E-state index in [1.807, 2.05) is 18.7 Å². The fourth-order valence-corrected chi connectivity index (χ4v) is 5.21. The van der Waals surface area contributed by atoms with Gasteiger partial charge in [-0.15, -0.1) is 0 Å². The number of hydrogen-bond acceptors (Lipinski definition) is 10. The van der Waals surface area contributed by atoms with Crippen molar-refractivity contribution in [1.29, 1.82) is 0 Å². The molecule has 10 nitrogen and oxygen atoms in total. The molecule has 2 fully saturated rings. The molecule has 34 heavy (non-hydrogen) atoms. The van der Waals surface area contributed by atoms with E-state index in [2.05, 4.69) is 10.1 Å². The number of fused-ring (bicyclic) bond motifs is 2. The third-order valence-electron chi connectivity index (χ3n) is 5.96. The first-order chi connectivity index (χ1) is 16.0. The van der Waals surface area contributed by atoms with Crippen LogP contribution in [0.3, 0.4) is 0 Å². The molecule has 0 amide bonds. The van der Waals surface area contributed by atoms with Crippen LogP contribution in [0.4, 0.5) is 4.39 Å². The molecule has 4 atom stereocenters. The predicted octanol–water partition coefficient (Wildman–Crippen LogP) is 2.29. The highest BCUT2D eigenvalue weighted by molar-refractivity contribution is 7.90. The molecule has 0 spiro atoms. The Hall–Kier alpha value is -1.96. The fraction of sp³-hybridized carbons (Fsp3) is 0.636. The molecule has 4 unspecified atom stereocenters. The summed E-state index contributed by atoms with van der Waals surface area (Å²) in [7, 11) is -3.67. The summed E-state index contributed by atoms with van der Waals surface area (Å²) in [6.07, 6.45) is 0.490. The Labute approximate surface area is 197 Å². The molecule has 4 rings (SSSR count). The van der Waals surface area contributed by atoms with Gasteiger partial charge in [0.05, 0.1) is 25.4 Å². The SMILES string of the molecule is CC(C)OC(O)N1C2COCC1CC(OC(C)c1nc(-c3ccc(S(C)(=O)=O)c(F)c3)no1)C2. The number of aliphatic hydroxyl groups excluding tert-OH is 1. The first-order valence-corrected chi connectivity index (χ1v) is 13.1. The number of piperidine rings is 1.